The van der Waals surface area contributed by atoms with Gasteiger partial charge in [0.15, 0.2) is 12.4 Å². The lowest BCUT2D eigenvalue weighted by molar-refractivity contribution is -0.137. The van der Waals surface area contributed by atoms with Gasteiger partial charge in [0.05, 0.1) is 25.2 Å². The monoisotopic (exact) mass is 319 g/mol. The third kappa shape index (κ3) is 3.64. The Bertz CT molecular complexity index is 619. The van der Waals surface area contributed by atoms with Crippen molar-refractivity contribution in [3.05, 3.63) is 23.8 Å². The maximum absolute atomic E-state index is 12.1. The molecular formula is C17H21NO5. The molecule has 2 aliphatic heterocycles. The van der Waals surface area contributed by atoms with Gasteiger partial charge in [-0.1, -0.05) is 0 Å². The van der Waals surface area contributed by atoms with Gasteiger partial charge in [0.1, 0.15) is 17.1 Å². The second-order valence-corrected chi connectivity index (χ2v) is 6.40. The number of Topliss-reactive ketones (excluding diaryl/α,β-unsaturated/α-hetero) is 1. The molecular weight excluding hydrogens is 298 g/mol. The zero-order valence-electron chi connectivity index (χ0n) is 13.5. The van der Waals surface area contributed by atoms with Crippen LogP contribution in [0.15, 0.2) is 18.2 Å². The van der Waals surface area contributed by atoms with Crippen molar-refractivity contribution in [3.63, 3.8) is 0 Å². The zero-order valence-corrected chi connectivity index (χ0v) is 13.5. The van der Waals surface area contributed by atoms with Gasteiger partial charge < -0.3 is 19.1 Å². The molecule has 2 heterocycles. The van der Waals surface area contributed by atoms with Crippen LogP contribution in [0.5, 0.6) is 11.5 Å². The highest BCUT2D eigenvalue weighted by molar-refractivity contribution is 6.00. The lowest BCUT2D eigenvalue weighted by Gasteiger charge is -2.31. The Morgan fingerprint density at radius 2 is 2.04 bits per heavy atom. The first-order valence-electron chi connectivity index (χ1n) is 7.79. The van der Waals surface area contributed by atoms with Crippen molar-refractivity contribution in [1.82, 2.24) is 4.90 Å². The number of carbonyl (C=O) groups excluding carboxylic acids is 2. The number of ketones is 1. The number of rotatable bonds is 3. The summed E-state index contributed by atoms with van der Waals surface area (Å²) in [6.07, 6.45) is 0.357. The molecule has 1 fully saturated rings. The van der Waals surface area contributed by atoms with Crippen LogP contribution >= 0.6 is 0 Å². The van der Waals surface area contributed by atoms with E-state index in [4.69, 9.17) is 14.2 Å². The first-order chi connectivity index (χ1) is 10.9. The molecule has 0 bridgehead atoms. The predicted molar refractivity (Wildman–Crippen MR) is 83.0 cm³/mol. The molecule has 0 spiro atoms. The highest BCUT2D eigenvalue weighted by Crippen LogP contribution is 2.35. The Morgan fingerprint density at radius 1 is 1.30 bits per heavy atom. The summed E-state index contributed by atoms with van der Waals surface area (Å²) in [6.45, 7) is 6.05. The van der Waals surface area contributed by atoms with Crippen LogP contribution in [-0.4, -0.2) is 55.1 Å². The number of amides is 1. The number of carbonyl (C=O) groups is 2. The summed E-state index contributed by atoms with van der Waals surface area (Å²) in [5.41, 5.74) is 0.0444. The fourth-order valence-electron chi connectivity index (χ4n) is 2.77. The average Bonchev–Trinajstić information content (AvgIpc) is 2.52. The number of hydrogen-bond donors (Lipinski definition) is 0. The van der Waals surface area contributed by atoms with E-state index in [0.29, 0.717) is 49.8 Å². The minimum Gasteiger partial charge on any atom is -0.486 e. The normalized spacial score (nSPS) is 19.7. The molecule has 1 aromatic rings. The van der Waals surface area contributed by atoms with Gasteiger partial charge in [-0.15, -0.1) is 0 Å². The van der Waals surface area contributed by atoms with Gasteiger partial charge in [0.2, 0.25) is 0 Å². The SMILES string of the molecule is CC1(C)CC(=O)c2ccc(OCC(=O)N3CCOCC3)cc2O1. The van der Waals surface area contributed by atoms with Crippen molar-refractivity contribution in [3.8, 4) is 11.5 Å². The smallest absolute Gasteiger partial charge is 0.260 e. The van der Waals surface area contributed by atoms with Gasteiger partial charge in [-0.2, -0.15) is 0 Å². The van der Waals surface area contributed by atoms with E-state index in [0.717, 1.165) is 0 Å². The van der Waals surface area contributed by atoms with Crippen LogP contribution in [0.4, 0.5) is 0 Å². The number of fused-ring (bicyclic) bond motifs is 1. The molecule has 0 atom stereocenters. The summed E-state index contributed by atoms with van der Waals surface area (Å²) in [5, 5.41) is 0. The van der Waals surface area contributed by atoms with E-state index in [-0.39, 0.29) is 18.3 Å². The van der Waals surface area contributed by atoms with Crippen LogP contribution in [0.3, 0.4) is 0 Å². The summed E-state index contributed by atoms with van der Waals surface area (Å²) in [6, 6.07) is 5.08. The maximum Gasteiger partial charge on any atom is 0.260 e. The van der Waals surface area contributed by atoms with Crippen molar-refractivity contribution in [2.45, 2.75) is 25.9 Å². The molecule has 6 heteroatoms. The molecule has 1 amide bonds. The van der Waals surface area contributed by atoms with E-state index in [2.05, 4.69) is 0 Å². The Labute approximate surface area is 135 Å². The maximum atomic E-state index is 12.1. The summed E-state index contributed by atoms with van der Waals surface area (Å²) in [5.74, 6) is 1.04. The largest absolute Gasteiger partial charge is 0.486 e. The third-order valence-electron chi connectivity index (χ3n) is 3.95. The van der Waals surface area contributed by atoms with Crippen LogP contribution < -0.4 is 9.47 Å². The van der Waals surface area contributed by atoms with Gasteiger partial charge in [-0.25, -0.2) is 0 Å². The fraction of sp³-hybridized carbons (Fsp3) is 0.529. The van der Waals surface area contributed by atoms with Crippen LogP contribution in [0.25, 0.3) is 0 Å². The van der Waals surface area contributed by atoms with Crippen molar-refractivity contribution < 1.29 is 23.8 Å². The molecule has 0 aromatic heterocycles. The molecule has 0 saturated carbocycles. The van der Waals surface area contributed by atoms with Crippen molar-refractivity contribution >= 4 is 11.7 Å². The van der Waals surface area contributed by atoms with E-state index in [9.17, 15) is 9.59 Å². The molecule has 3 rings (SSSR count). The summed E-state index contributed by atoms with van der Waals surface area (Å²) < 4.78 is 16.6. The number of morpholine rings is 1. The molecule has 1 saturated heterocycles. The lowest BCUT2D eigenvalue weighted by Crippen LogP contribution is -2.43. The van der Waals surface area contributed by atoms with E-state index in [1.165, 1.54) is 0 Å². The Hall–Kier alpha value is -2.08. The molecule has 23 heavy (non-hydrogen) atoms. The van der Waals surface area contributed by atoms with Crippen molar-refractivity contribution in [2.24, 2.45) is 0 Å². The second kappa shape index (κ2) is 6.20. The number of ether oxygens (including phenoxy) is 3. The van der Waals surface area contributed by atoms with Crippen LogP contribution in [0.2, 0.25) is 0 Å². The Kier molecular flexibility index (Phi) is 4.26. The first kappa shape index (κ1) is 15.8. The standard InChI is InChI=1S/C17H21NO5/c1-17(2)10-14(19)13-4-3-12(9-15(13)23-17)22-11-16(20)18-5-7-21-8-6-18/h3-4,9H,5-8,10-11H2,1-2H3. The lowest BCUT2D eigenvalue weighted by atomic mass is 9.93. The van der Waals surface area contributed by atoms with Gasteiger partial charge >= 0.3 is 0 Å². The summed E-state index contributed by atoms with van der Waals surface area (Å²) >= 11 is 0. The van der Waals surface area contributed by atoms with E-state index >= 15 is 0 Å². The third-order valence-corrected chi connectivity index (χ3v) is 3.95. The number of nitrogens with zero attached hydrogens (tertiary/aromatic N) is 1. The molecule has 124 valence electrons. The van der Waals surface area contributed by atoms with E-state index in [1.54, 1.807) is 23.1 Å². The minimum absolute atomic E-state index is 0.0316. The van der Waals surface area contributed by atoms with E-state index in [1.807, 2.05) is 13.8 Å². The van der Waals surface area contributed by atoms with Gasteiger partial charge in [0, 0.05) is 19.2 Å². The van der Waals surface area contributed by atoms with Crippen molar-refractivity contribution in [1.29, 1.82) is 0 Å². The topological polar surface area (TPSA) is 65.1 Å². The second-order valence-electron chi connectivity index (χ2n) is 6.40. The fourth-order valence-corrected chi connectivity index (χ4v) is 2.77. The molecule has 1 aromatic carbocycles. The quantitative estimate of drug-likeness (QED) is 0.848. The van der Waals surface area contributed by atoms with Crippen LogP contribution in [0, 0.1) is 0 Å². The van der Waals surface area contributed by atoms with E-state index < -0.39 is 5.60 Å². The summed E-state index contributed by atoms with van der Waals surface area (Å²) in [7, 11) is 0. The first-order valence-corrected chi connectivity index (χ1v) is 7.79. The number of benzene rings is 1. The Balaban J connectivity index is 1.65. The van der Waals surface area contributed by atoms with Crippen LogP contribution in [0.1, 0.15) is 30.6 Å². The minimum atomic E-state index is -0.522. The van der Waals surface area contributed by atoms with Crippen LogP contribution in [-0.2, 0) is 9.53 Å². The highest BCUT2D eigenvalue weighted by Gasteiger charge is 2.32. The van der Waals surface area contributed by atoms with Gasteiger partial charge in [-0.3, -0.25) is 9.59 Å². The summed E-state index contributed by atoms with van der Waals surface area (Å²) in [4.78, 5) is 25.9. The molecule has 0 radical (unpaired) electrons. The zero-order chi connectivity index (χ0) is 16.4. The molecule has 6 nitrogen and oxygen atoms in total. The molecule has 0 unspecified atom stereocenters. The predicted octanol–water partition coefficient (Wildman–Crippen LogP) is 1.67. The average molecular weight is 319 g/mol. The Morgan fingerprint density at radius 3 is 2.78 bits per heavy atom. The van der Waals surface area contributed by atoms with Crippen molar-refractivity contribution in [2.75, 3.05) is 32.9 Å². The molecule has 2 aliphatic rings. The van der Waals surface area contributed by atoms with Gasteiger partial charge in [-0.05, 0) is 26.0 Å². The highest BCUT2D eigenvalue weighted by atomic mass is 16.5. The van der Waals surface area contributed by atoms with Gasteiger partial charge in [0.25, 0.3) is 5.91 Å². The molecule has 0 N–H and O–H groups in total. The number of hydrogen-bond acceptors (Lipinski definition) is 5. The molecule has 0 aliphatic carbocycles.